The second-order valence-electron chi connectivity index (χ2n) is 9.04. The van der Waals surface area contributed by atoms with E-state index < -0.39 is 17.5 Å². The van der Waals surface area contributed by atoms with Crippen molar-refractivity contribution in [2.45, 2.75) is 6.18 Å². The monoisotopic (exact) mass is 529 g/mol. The molecule has 1 aliphatic rings. The Morgan fingerprint density at radius 2 is 1.73 bits per heavy atom. The molecule has 5 rings (SSSR count). The van der Waals surface area contributed by atoms with Crippen LogP contribution in [-0.4, -0.2) is 48.7 Å². The summed E-state index contributed by atoms with van der Waals surface area (Å²) in [5.74, 6) is 0.434. The third-order valence-corrected chi connectivity index (χ3v) is 7.58. The maximum atomic E-state index is 13.4. The minimum absolute atomic E-state index is 0.0533. The van der Waals surface area contributed by atoms with Crippen molar-refractivity contribution < 1.29 is 32.2 Å². The molecule has 0 spiro atoms. The van der Waals surface area contributed by atoms with E-state index in [1.54, 1.807) is 24.3 Å². The molecule has 1 saturated heterocycles. The lowest BCUT2D eigenvalue weighted by atomic mass is 9.97. The van der Waals surface area contributed by atoms with Gasteiger partial charge < -0.3 is 9.84 Å². The van der Waals surface area contributed by atoms with Gasteiger partial charge in [-0.1, -0.05) is 24.3 Å². The first-order valence-corrected chi connectivity index (χ1v) is 12.5. The summed E-state index contributed by atoms with van der Waals surface area (Å²) in [5, 5.41) is 10.7. The fourth-order valence-corrected chi connectivity index (χ4v) is 5.66. The van der Waals surface area contributed by atoms with E-state index >= 15 is 0 Å². The number of phenolic OH excluding ortho intramolecular Hbond substituents is 1. The summed E-state index contributed by atoms with van der Waals surface area (Å²) < 4.78 is 58.0. The van der Waals surface area contributed by atoms with Gasteiger partial charge in [0.15, 0.2) is 0 Å². The molecule has 0 saturated carbocycles. The van der Waals surface area contributed by atoms with Crippen LogP contribution in [0.1, 0.15) is 20.8 Å². The Kier molecular flexibility index (Phi) is 6.92. The molecule has 4 aromatic rings. The number of fused-ring (bicyclic) bond motifs is 1. The Morgan fingerprint density at radius 1 is 1.03 bits per heavy atom. The summed E-state index contributed by atoms with van der Waals surface area (Å²) in [7, 11) is 0. The van der Waals surface area contributed by atoms with E-state index in [9.17, 15) is 27.5 Å². The van der Waals surface area contributed by atoms with Crippen LogP contribution in [-0.2, 0) is 6.18 Å². The second-order valence-corrected chi connectivity index (χ2v) is 10.1. The maximum Gasteiger partial charge on any atom is 0.416 e. The Labute approximate surface area is 214 Å². The molecule has 0 bridgehead atoms. The molecular formula is C28H23F4NO3S. The number of likely N-dealkylation sites (tertiary alicyclic amines) is 1. The Bertz CT molecular complexity index is 1410. The first-order valence-electron chi connectivity index (χ1n) is 11.7. The van der Waals surface area contributed by atoms with Crippen LogP contribution in [0, 0.1) is 5.92 Å². The zero-order valence-electron chi connectivity index (χ0n) is 19.6. The Balaban J connectivity index is 1.40. The van der Waals surface area contributed by atoms with Crippen molar-refractivity contribution >= 4 is 27.2 Å². The van der Waals surface area contributed by atoms with E-state index in [-0.39, 0.29) is 23.9 Å². The molecule has 1 aromatic heterocycles. The zero-order chi connectivity index (χ0) is 26.2. The fourth-order valence-electron chi connectivity index (χ4n) is 4.44. The van der Waals surface area contributed by atoms with Crippen molar-refractivity contribution in [2.75, 3.05) is 32.9 Å². The normalized spacial score (nSPS) is 14.6. The van der Waals surface area contributed by atoms with Crippen LogP contribution in [0.2, 0.25) is 0 Å². The number of nitrogens with zero attached hydrogens (tertiary/aromatic N) is 1. The van der Waals surface area contributed by atoms with Crippen LogP contribution < -0.4 is 4.74 Å². The molecule has 9 heteroatoms. The van der Waals surface area contributed by atoms with E-state index in [1.165, 1.54) is 29.5 Å². The molecule has 2 heterocycles. The number of carbonyl (C=O) groups excluding carboxylic acids is 1. The van der Waals surface area contributed by atoms with E-state index in [0.29, 0.717) is 34.0 Å². The standard InChI is InChI=1S/C28H23F4NO3S/c29-14-17-15-33(16-17)11-12-36-22-8-3-18(4-9-22)25-23-10-7-21(34)13-24(23)37-27(25)26(35)19-1-5-20(6-2-19)28(30,31)32/h1-10,13,17,34H,11-12,14-16H2. The molecule has 0 atom stereocenters. The number of thiophene rings is 1. The van der Waals surface area contributed by atoms with Gasteiger partial charge in [0.2, 0.25) is 5.78 Å². The molecule has 0 unspecified atom stereocenters. The van der Waals surface area contributed by atoms with Gasteiger partial charge in [-0.15, -0.1) is 11.3 Å². The number of halogens is 4. The summed E-state index contributed by atoms with van der Waals surface area (Å²) in [6, 6.07) is 16.2. The maximum absolute atomic E-state index is 13.4. The van der Waals surface area contributed by atoms with Crippen LogP contribution >= 0.6 is 11.3 Å². The average Bonchev–Trinajstić information content (AvgIpc) is 3.23. The Hall–Kier alpha value is -3.43. The lowest BCUT2D eigenvalue weighted by Crippen LogP contribution is -2.49. The van der Waals surface area contributed by atoms with Crippen molar-refractivity contribution in [3.8, 4) is 22.6 Å². The first-order chi connectivity index (χ1) is 17.7. The number of phenols is 1. The van der Waals surface area contributed by atoms with Gasteiger partial charge in [-0.25, -0.2) is 0 Å². The number of benzene rings is 3. The number of hydrogen-bond acceptors (Lipinski definition) is 5. The molecule has 1 N–H and O–H groups in total. The van der Waals surface area contributed by atoms with Crippen molar-refractivity contribution in [1.82, 2.24) is 4.90 Å². The number of ether oxygens (including phenoxy) is 1. The molecule has 37 heavy (non-hydrogen) atoms. The van der Waals surface area contributed by atoms with Crippen LogP contribution in [0.4, 0.5) is 17.6 Å². The summed E-state index contributed by atoms with van der Waals surface area (Å²) in [4.78, 5) is 15.9. The molecule has 0 radical (unpaired) electrons. The molecule has 3 aromatic carbocycles. The van der Waals surface area contributed by atoms with Crippen molar-refractivity contribution in [1.29, 1.82) is 0 Å². The van der Waals surface area contributed by atoms with Gasteiger partial charge in [0.25, 0.3) is 0 Å². The van der Waals surface area contributed by atoms with E-state index in [1.807, 2.05) is 12.1 Å². The van der Waals surface area contributed by atoms with Gasteiger partial charge in [0.05, 0.1) is 17.1 Å². The third kappa shape index (κ3) is 5.33. The van der Waals surface area contributed by atoms with Gasteiger partial charge in [-0.05, 0) is 48.0 Å². The van der Waals surface area contributed by atoms with Gasteiger partial charge in [0.1, 0.15) is 18.1 Å². The molecule has 4 nitrogen and oxygen atoms in total. The van der Waals surface area contributed by atoms with Crippen LogP contribution in [0.3, 0.4) is 0 Å². The Morgan fingerprint density at radius 3 is 2.38 bits per heavy atom. The highest BCUT2D eigenvalue weighted by Crippen LogP contribution is 2.42. The SMILES string of the molecule is O=C(c1ccc(C(F)(F)F)cc1)c1sc2cc(O)ccc2c1-c1ccc(OCCN2CC(CF)C2)cc1. The van der Waals surface area contributed by atoms with Gasteiger partial charge in [-0.2, -0.15) is 13.2 Å². The molecule has 0 aliphatic carbocycles. The summed E-state index contributed by atoms with van der Waals surface area (Å²) >= 11 is 1.18. The van der Waals surface area contributed by atoms with Crippen molar-refractivity contribution in [3.05, 3.63) is 82.7 Å². The summed E-state index contributed by atoms with van der Waals surface area (Å²) in [6.45, 7) is 2.38. The topological polar surface area (TPSA) is 49.8 Å². The van der Waals surface area contributed by atoms with Crippen LogP contribution in [0.5, 0.6) is 11.5 Å². The quantitative estimate of drug-likeness (QED) is 0.201. The van der Waals surface area contributed by atoms with Crippen LogP contribution in [0.15, 0.2) is 66.7 Å². The zero-order valence-corrected chi connectivity index (χ0v) is 20.4. The summed E-state index contributed by atoms with van der Waals surface area (Å²) in [5.41, 5.74) is 0.714. The highest BCUT2D eigenvalue weighted by atomic mass is 32.1. The molecular weight excluding hydrogens is 506 g/mol. The number of aromatic hydroxyl groups is 1. The summed E-state index contributed by atoms with van der Waals surface area (Å²) in [6.07, 6.45) is -4.49. The minimum Gasteiger partial charge on any atom is -0.508 e. The molecule has 192 valence electrons. The van der Waals surface area contributed by atoms with E-state index in [2.05, 4.69) is 4.90 Å². The van der Waals surface area contributed by atoms with E-state index in [0.717, 1.165) is 36.2 Å². The molecule has 1 fully saturated rings. The first kappa shape index (κ1) is 25.2. The van der Waals surface area contributed by atoms with Crippen molar-refractivity contribution in [2.24, 2.45) is 5.92 Å². The number of rotatable bonds is 8. The van der Waals surface area contributed by atoms with Crippen LogP contribution in [0.25, 0.3) is 21.2 Å². The van der Waals surface area contributed by atoms with E-state index in [4.69, 9.17) is 4.74 Å². The minimum atomic E-state index is -4.49. The highest BCUT2D eigenvalue weighted by Gasteiger charge is 2.31. The number of alkyl halides is 4. The van der Waals surface area contributed by atoms with Gasteiger partial charge >= 0.3 is 6.18 Å². The predicted molar refractivity (Wildman–Crippen MR) is 135 cm³/mol. The average molecular weight is 530 g/mol. The number of carbonyl (C=O) groups is 1. The smallest absolute Gasteiger partial charge is 0.416 e. The largest absolute Gasteiger partial charge is 0.508 e. The molecule has 0 amide bonds. The molecule has 1 aliphatic heterocycles. The predicted octanol–water partition coefficient (Wildman–Crippen LogP) is 6.80. The number of hydrogen-bond donors (Lipinski definition) is 1. The number of ketones is 1. The lowest BCUT2D eigenvalue weighted by molar-refractivity contribution is -0.137. The second kappa shape index (κ2) is 10.1. The van der Waals surface area contributed by atoms with Crippen molar-refractivity contribution in [3.63, 3.8) is 0 Å². The third-order valence-electron chi connectivity index (χ3n) is 6.42. The highest BCUT2D eigenvalue weighted by molar-refractivity contribution is 7.21. The lowest BCUT2D eigenvalue weighted by Gasteiger charge is -2.37. The fraction of sp³-hybridized carbons (Fsp3) is 0.250. The van der Waals surface area contributed by atoms with Gasteiger partial charge in [0, 0.05) is 46.8 Å². The van der Waals surface area contributed by atoms with Gasteiger partial charge in [-0.3, -0.25) is 14.1 Å².